The van der Waals surface area contributed by atoms with Crippen LogP contribution < -0.4 is 5.73 Å². The molecule has 4 heteroatoms. The molecule has 0 aromatic heterocycles. The number of esters is 1. The summed E-state index contributed by atoms with van der Waals surface area (Å²) in [6, 6.07) is 0. The van der Waals surface area contributed by atoms with Gasteiger partial charge in [-0.05, 0) is 0 Å². The number of hydrogen-bond donors (Lipinski definition) is 2. The molecule has 0 aromatic rings. The Morgan fingerprint density at radius 1 is 1.78 bits per heavy atom. The molecule has 1 rings (SSSR count). The molecule has 1 fully saturated rings. The molecule has 0 spiro atoms. The zero-order chi connectivity index (χ0) is 6.85. The van der Waals surface area contributed by atoms with Gasteiger partial charge in [-0.15, -0.1) is 0 Å². The van der Waals surface area contributed by atoms with Gasteiger partial charge in [-0.25, -0.2) is 0 Å². The summed E-state index contributed by atoms with van der Waals surface area (Å²) < 4.78 is 4.54. The topological polar surface area (TPSA) is 72.5 Å². The van der Waals surface area contributed by atoms with Gasteiger partial charge < -0.3 is 9.84 Å². The van der Waals surface area contributed by atoms with Crippen molar-refractivity contribution in [3.63, 3.8) is 0 Å². The van der Waals surface area contributed by atoms with E-state index in [0.717, 1.165) is 0 Å². The van der Waals surface area contributed by atoms with Gasteiger partial charge in [0.05, 0.1) is 12.5 Å². The Morgan fingerprint density at radius 2 is 2.44 bits per heavy atom. The minimum absolute atomic E-state index is 0.0771. The Balaban J connectivity index is 2.43. The first-order chi connectivity index (χ1) is 4.18. The Kier molecular flexibility index (Phi) is 1.68. The van der Waals surface area contributed by atoms with Gasteiger partial charge in [-0.3, -0.25) is 10.5 Å². The maximum absolute atomic E-state index is 10.4. The zero-order valence-corrected chi connectivity index (χ0v) is 4.91. The standard InChI is InChI=1S/C5H9NO3/c6-4-1-3(7)2-5(8)9-4/h3-4,7H,1-2,6H2/t3?,4-/m0/s1. The fourth-order valence-corrected chi connectivity index (χ4v) is 0.809. The van der Waals surface area contributed by atoms with Crippen LogP contribution in [0.3, 0.4) is 0 Å². The summed E-state index contributed by atoms with van der Waals surface area (Å²) in [7, 11) is 0. The predicted molar refractivity (Wildman–Crippen MR) is 29.3 cm³/mol. The van der Waals surface area contributed by atoms with Crippen LogP contribution in [-0.2, 0) is 9.53 Å². The van der Waals surface area contributed by atoms with E-state index in [-0.39, 0.29) is 6.42 Å². The number of rotatable bonds is 0. The number of carbonyl (C=O) groups excluding carboxylic acids is 1. The highest BCUT2D eigenvalue weighted by molar-refractivity contribution is 5.70. The number of ether oxygens (including phenoxy) is 1. The molecule has 52 valence electrons. The third-order valence-electron chi connectivity index (χ3n) is 1.19. The van der Waals surface area contributed by atoms with Gasteiger partial charge in [0, 0.05) is 6.42 Å². The summed E-state index contributed by atoms with van der Waals surface area (Å²) in [5.41, 5.74) is 5.21. The third kappa shape index (κ3) is 1.65. The molecule has 4 nitrogen and oxygen atoms in total. The Morgan fingerprint density at radius 3 is 2.89 bits per heavy atom. The second-order valence-electron chi connectivity index (χ2n) is 2.12. The highest BCUT2D eigenvalue weighted by Gasteiger charge is 2.23. The monoisotopic (exact) mass is 131 g/mol. The summed E-state index contributed by atoms with van der Waals surface area (Å²) >= 11 is 0. The number of nitrogens with two attached hydrogens (primary N) is 1. The van der Waals surface area contributed by atoms with E-state index >= 15 is 0 Å². The third-order valence-corrected chi connectivity index (χ3v) is 1.19. The highest BCUT2D eigenvalue weighted by atomic mass is 16.6. The average Bonchev–Trinajstić information content (AvgIpc) is 1.59. The molecule has 0 aliphatic carbocycles. The van der Waals surface area contributed by atoms with Crippen molar-refractivity contribution in [2.75, 3.05) is 0 Å². The molecule has 0 aromatic carbocycles. The van der Waals surface area contributed by atoms with Crippen molar-refractivity contribution in [2.45, 2.75) is 25.2 Å². The molecular formula is C5H9NO3. The van der Waals surface area contributed by atoms with Gasteiger partial charge in [0.25, 0.3) is 0 Å². The molecule has 1 unspecified atom stereocenters. The fourth-order valence-electron chi connectivity index (χ4n) is 0.809. The first-order valence-corrected chi connectivity index (χ1v) is 2.81. The maximum Gasteiger partial charge on any atom is 0.309 e. The smallest absolute Gasteiger partial charge is 0.309 e. The molecule has 0 bridgehead atoms. The van der Waals surface area contributed by atoms with Crippen LogP contribution in [0.5, 0.6) is 0 Å². The highest BCUT2D eigenvalue weighted by Crippen LogP contribution is 2.10. The molecule has 1 saturated heterocycles. The molecule has 1 aliphatic heterocycles. The minimum Gasteiger partial charge on any atom is -0.447 e. The summed E-state index contributed by atoms with van der Waals surface area (Å²) in [6.07, 6.45) is -0.790. The average molecular weight is 131 g/mol. The lowest BCUT2D eigenvalue weighted by molar-refractivity contribution is -0.159. The molecule has 3 N–H and O–H groups in total. The number of carbonyl (C=O) groups is 1. The molecule has 1 heterocycles. The van der Waals surface area contributed by atoms with Gasteiger partial charge in [0.15, 0.2) is 6.23 Å². The Hall–Kier alpha value is -0.610. The summed E-state index contributed by atoms with van der Waals surface area (Å²) in [6.45, 7) is 0. The largest absolute Gasteiger partial charge is 0.447 e. The lowest BCUT2D eigenvalue weighted by Gasteiger charge is -2.21. The van der Waals surface area contributed by atoms with Crippen molar-refractivity contribution < 1.29 is 14.6 Å². The van der Waals surface area contributed by atoms with Crippen molar-refractivity contribution in [3.8, 4) is 0 Å². The van der Waals surface area contributed by atoms with Crippen LogP contribution in [0.15, 0.2) is 0 Å². The predicted octanol–water partition coefficient (Wildman–Crippen LogP) is -1.03. The summed E-state index contributed by atoms with van der Waals surface area (Å²) in [4.78, 5) is 10.4. The number of aliphatic hydroxyl groups excluding tert-OH is 1. The van der Waals surface area contributed by atoms with Gasteiger partial charge in [0.1, 0.15) is 0 Å². The van der Waals surface area contributed by atoms with Gasteiger partial charge in [-0.1, -0.05) is 0 Å². The lowest BCUT2D eigenvalue weighted by Crippen LogP contribution is -2.37. The van der Waals surface area contributed by atoms with Crippen LogP contribution in [0.1, 0.15) is 12.8 Å². The van der Waals surface area contributed by atoms with E-state index in [1.54, 1.807) is 0 Å². The molecule has 0 amide bonds. The second kappa shape index (κ2) is 2.33. The van der Waals surface area contributed by atoms with Crippen LogP contribution in [0.2, 0.25) is 0 Å². The number of hydrogen-bond acceptors (Lipinski definition) is 4. The van der Waals surface area contributed by atoms with Crippen molar-refractivity contribution in [2.24, 2.45) is 5.73 Å². The van der Waals surface area contributed by atoms with Crippen LogP contribution in [0.4, 0.5) is 0 Å². The Bertz CT molecular complexity index is 113. The van der Waals surface area contributed by atoms with Crippen LogP contribution in [-0.4, -0.2) is 23.4 Å². The molecule has 9 heavy (non-hydrogen) atoms. The van der Waals surface area contributed by atoms with E-state index in [0.29, 0.717) is 6.42 Å². The van der Waals surface area contributed by atoms with E-state index in [1.807, 2.05) is 0 Å². The van der Waals surface area contributed by atoms with Crippen molar-refractivity contribution >= 4 is 5.97 Å². The maximum atomic E-state index is 10.4. The fraction of sp³-hybridized carbons (Fsp3) is 0.800. The van der Waals surface area contributed by atoms with E-state index in [4.69, 9.17) is 10.8 Å². The first-order valence-electron chi connectivity index (χ1n) is 2.81. The number of aliphatic hydroxyl groups is 1. The van der Waals surface area contributed by atoms with Crippen molar-refractivity contribution in [1.29, 1.82) is 0 Å². The van der Waals surface area contributed by atoms with Crippen LogP contribution >= 0.6 is 0 Å². The first kappa shape index (κ1) is 6.51. The number of cyclic esters (lactones) is 1. The van der Waals surface area contributed by atoms with Crippen LogP contribution in [0, 0.1) is 0 Å². The summed E-state index contributed by atoms with van der Waals surface area (Å²) in [5, 5.41) is 8.87. The minimum atomic E-state index is -0.610. The van der Waals surface area contributed by atoms with Crippen LogP contribution in [0.25, 0.3) is 0 Å². The molecule has 2 atom stereocenters. The quantitative estimate of drug-likeness (QED) is 0.412. The van der Waals surface area contributed by atoms with E-state index in [1.165, 1.54) is 0 Å². The van der Waals surface area contributed by atoms with E-state index in [9.17, 15) is 4.79 Å². The van der Waals surface area contributed by atoms with Gasteiger partial charge >= 0.3 is 5.97 Å². The molecule has 1 aliphatic rings. The van der Waals surface area contributed by atoms with E-state index < -0.39 is 18.3 Å². The molecule has 0 radical (unpaired) electrons. The van der Waals surface area contributed by atoms with E-state index in [2.05, 4.69) is 4.74 Å². The molecule has 0 saturated carbocycles. The van der Waals surface area contributed by atoms with Crippen molar-refractivity contribution in [1.82, 2.24) is 0 Å². The zero-order valence-electron chi connectivity index (χ0n) is 4.91. The lowest BCUT2D eigenvalue weighted by atomic mass is 10.1. The summed E-state index contributed by atoms with van der Waals surface area (Å²) in [5.74, 6) is -0.416. The van der Waals surface area contributed by atoms with Gasteiger partial charge in [0.2, 0.25) is 0 Å². The normalized spacial score (nSPS) is 36.0. The Labute approximate surface area is 52.6 Å². The van der Waals surface area contributed by atoms with Gasteiger partial charge in [-0.2, -0.15) is 0 Å². The SMILES string of the molecule is N[C@@H]1CC(O)CC(=O)O1. The van der Waals surface area contributed by atoms with Crippen molar-refractivity contribution in [3.05, 3.63) is 0 Å². The molecular weight excluding hydrogens is 122 g/mol. The second-order valence-corrected chi connectivity index (χ2v) is 2.12.